The Labute approximate surface area is 80.3 Å². The highest BCUT2D eigenvalue weighted by Crippen LogP contribution is 2.01. The number of alkyl halides is 1. The van der Waals surface area contributed by atoms with E-state index in [1.165, 1.54) is 4.68 Å². The molecular weight excluding hydrogens is 194 g/mol. The third-order valence-electron chi connectivity index (χ3n) is 1.36. The van der Waals surface area contributed by atoms with Gasteiger partial charge >= 0.3 is 0 Å². The Bertz CT molecular complexity index is 287. The summed E-state index contributed by atoms with van der Waals surface area (Å²) in [5.41, 5.74) is 0. The van der Waals surface area contributed by atoms with Crippen molar-refractivity contribution in [2.45, 2.75) is 6.54 Å². The fraction of sp³-hybridized carbons (Fsp3) is 0.429. The fourth-order valence-electron chi connectivity index (χ4n) is 0.832. The van der Waals surface area contributed by atoms with E-state index in [1.54, 1.807) is 12.3 Å². The molecule has 1 heterocycles. The summed E-state index contributed by atoms with van der Waals surface area (Å²) in [5, 5.41) is 15.0. The molecule has 0 saturated carbocycles. The van der Waals surface area contributed by atoms with Crippen molar-refractivity contribution in [2.24, 2.45) is 0 Å². The second-order valence-electron chi connectivity index (χ2n) is 2.37. The van der Waals surface area contributed by atoms with Crippen molar-refractivity contribution in [3.63, 3.8) is 0 Å². The molecule has 5 nitrogen and oxygen atoms in total. The second-order valence-corrected chi connectivity index (χ2v) is 2.64. The van der Waals surface area contributed by atoms with Crippen LogP contribution in [0.3, 0.4) is 0 Å². The SMILES string of the molecule is O=C(CCl)Nc1ccn(CCO)n1. The van der Waals surface area contributed by atoms with E-state index >= 15 is 0 Å². The van der Waals surface area contributed by atoms with Crippen molar-refractivity contribution in [3.05, 3.63) is 12.3 Å². The van der Waals surface area contributed by atoms with Gasteiger partial charge in [0.15, 0.2) is 5.82 Å². The summed E-state index contributed by atoms with van der Waals surface area (Å²) in [7, 11) is 0. The Morgan fingerprint density at radius 3 is 3.15 bits per heavy atom. The first kappa shape index (κ1) is 10.0. The molecule has 0 aliphatic heterocycles. The van der Waals surface area contributed by atoms with Crippen LogP contribution in [0.4, 0.5) is 5.82 Å². The number of rotatable bonds is 4. The van der Waals surface area contributed by atoms with Crippen LogP contribution in [0.1, 0.15) is 0 Å². The molecule has 0 atom stereocenters. The Morgan fingerprint density at radius 2 is 2.54 bits per heavy atom. The van der Waals surface area contributed by atoms with Gasteiger partial charge in [0, 0.05) is 12.3 Å². The highest BCUT2D eigenvalue weighted by molar-refractivity contribution is 6.28. The molecule has 13 heavy (non-hydrogen) atoms. The topological polar surface area (TPSA) is 67.2 Å². The average Bonchev–Trinajstić information content (AvgIpc) is 2.53. The smallest absolute Gasteiger partial charge is 0.240 e. The molecule has 2 N–H and O–H groups in total. The number of aliphatic hydroxyl groups is 1. The molecule has 0 aliphatic rings. The van der Waals surface area contributed by atoms with Crippen molar-refractivity contribution in [3.8, 4) is 0 Å². The van der Waals surface area contributed by atoms with Crippen molar-refractivity contribution < 1.29 is 9.90 Å². The standard InChI is InChI=1S/C7H10ClN3O2/c8-5-7(13)9-6-1-2-11(10-6)3-4-12/h1-2,12H,3-5H2,(H,9,10,13). The number of aromatic nitrogens is 2. The molecule has 1 aromatic heterocycles. The van der Waals surface area contributed by atoms with Gasteiger partial charge in [0.05, 0.1) is 13.2 Å². The van der Waals surface area contributed by atoms with Crippen LogP contribution < -0.4 is 5.32 Å². The number of aliphatic hydroxyl groups excluding tert-OH is 1. The van der Waals surface area contributed by atoms with Crippen LogP contribution in [-0.4, -0.2) is 33.3 Å². The van der Waals surface area contributed by atoms with E-state index in [2.05, 4.69) is 10.4 Å². The average molecular weight is 204 g/mol. The van der Waals surface area contributed by atoms with E-state index in [4.69, 9.17) is 16.7 Å². The fourth-order valence-corrected chi connectivity index (χ4v) is 0.898. The highest BCUT2D eigenvalue weighted by atomic mass is 35.5. The molecule has 0 unspecified atom stereocenters. The van der Waals surface area contributed by atoms with Gasteiger partial charge in [0.25, 0.3) is 0 Å². The molecule has 0 aromatic carbocycles. The first-order chi connectivity index (χ1) is 6.26. The van der Waals surface area contributed by atoms with Gasteiger partial charge in [-0.1, -0.05) is 0 Å². The molecule has 0 aliphatic carbocycles. The van der Waals surface area contributed by atoms with Crippen LogP contribution in [0.15, 0.2) is 12.3 Å². The molecule has 1 aromatic rings. The Morgan fingerprint density at radius 1 is 1.77 bits per heavy atom. The lowest BCUT2D eigenvalue weighted by atomic mass is 10.6. The van der Waals surface area contributed by atoms with Gasteiger partial charge in [-0.3, -0.25) is 9.48 Å². The van der Waals surface area contributed by atoms with Crippen LogP contribution >= 0.6 is 11.6 Å². The lowest BCUT2D eigenvalue weighted by Crippen LogP contribution is -2.13. The largest absolute Gasteiger partial charge is 0.394 e. The summed E-state index contributed by atoms with van der Waals surface area (Å²) in [6.45, 7) is 0.432. The molecule has 72 valence electrons. The van der Waals surface area contributed by atoms with Crippen LogP contribution in [-0.2, 0) is 11.3 Å². The van der Waals surface area contributed by atoms with E-state index in [1.807, 2.05) is 0 Å². The quantitative estimate of drug-likeness (QED) is 0.680. The zero-order valence-electron chi connectivity index (χ0n) is 6.90. The minimum absolute atomic E-state index is 0.0184. The molecule has 1 rings (SSSR count). The van der Waals surface area contributed by atoms with E-state index in [0.29, 0.717) is 12.4 Å². The Kier molecular flexibility index (Phi) is 3.72. The summed E-state index contributed by atoms with van der Waals surface area (Å²) < 4.78 is 1.53. The second kappa shape index (κ2) is 4.84. The molecular formula is C7H10ClN3O2. The normalized spacial score (nSPS) is 10.0. The van der Waals surface area contributed by atoms with Crippen molar-refractivity contribution >= 4 is 23.3 Å². The number of nitrogens with one attached hydrogen (secondary N) is 1. The highest BCUT2D eigenvalue weighted by Gasteiger charge is 2.02. The van der Waals surface area contributed by atoms with E-state index in [0.717, 1.165) is 0 Å². The van der Waals surface area contributed by atoms with Gasteiger partial charge < -0.3 is 10.4 Å². The monoisotopic (exact) mass is 203 g/mol. The van der Waals surface area contributed by atoms with Gasteiger partial charge in [-0.05, 0) is 0 Å². The maximum absolute atomic E-state index is 10.8. The molecule has 6 heteroatoms. The van der Waals surface area contributed by atoms with Crippen LogP contribution in [0.25, 0.3) is 0 Å². The van der Waals surface area contributed by atoms with Gasteiger partial charge in [0.2, 0.25) is 5.91 Å². The molecule has 0 spiro atoms. The van der Waals surface area contributed by atoms with Crippen LogP contribution in [0.5, 0.6) is 0 Å². The lowest BCUT2D eigenvalue weighted by Gasteiger charge is -1.97. The van der Waals surface area contributed by atoms with E-state index in [-0.39, 0.29) is 18.4 Å². The van der Waals surface area contributed by atoms with Gasteiger partial charge in [-0.2, -0.15) is 5.10 Å². The predicted octanol–water partition coefficient (Wildman–Crippen LogP) is 0.0527. The first-order valence-electron chi connectivity index (χ1n) is 3.76. The number of carbonyl (C=O) groups excluding carboxylic acids is 1. The summed E-state index contributed by atoms with van der Waals surface area (Å²) >= 11 is 5.28. The van der Waals surface area contributed by atoms with E-state index in [9.17, 15) is 4.79 Å². The van der Waals surface area contributed by atoms with Gasteiger partial charge in [0.1, 0.15) is 5.88 Å². The van der Waals surface area contributed by atoms with Crippen molar-refractivity contribution in [1.29, 1.82) is 0 Å². The third kappa shape index (κ3) is 3.04. The zero-order chi connectivity index (χ0) is 9.68. The number of anilines is 1. The third-order valence-corrected chi connectivity index (χ3v) is 1.60. The van der Waals surface area contributed by atoms with Gasteiger partial charge in [-0.25, -0.2) is 0 Å². The number of hydrogen-bond acceptors (Lipinski definition) is 3. The van der Waals surface area contributed by atoms with Crippen LogP contribution in [0.2, 0.25) is 0 Å². The Hall–Kier alpha value is -1.07. The predicted molar refractivity (Wildman–Crippen MR) is 48.7 cm³/mol. The van der Waals surface area contributed by atoms with Crippen LogP contribution in [0, 0.1) is 0 Å². The van der Waals surface area contributed by atoms with Gasteiger partial charge in [-0.15, -0.1) is 11.6 Å². The minimum atomic E-state index is -0.295. The molecule has 0 saturated heterocycles. The number of hydrogen-bond donors (Lipinski definition) is 2. The molecule has 1 amide bonds. The number of halogens is 1. The molecule has 0 radical (unpaired) electrons. The summed E-state index contributed by atoms with van der Waals surface area (Å²) in [5.74, 6) is 0.0577. The maximum atomic E-state index is 10.8. The van der Waals surface area contributed by atoms with Crippen molar-refractivity contribution in [1.82, 2.24) is 9.78 Å². The summed E-state index contributed by atoms with van der Waals surface area (Å²) in [6.07, 6.45) is 1.67. The van der Waals surface area contributed by atoms with E-state index < -0.39 is 0 Å². The molecule has 0 bridgehead atoms. The first-order valence-corrected chi connectivity index (χ1v) is 4.30. The number of amides is 1. The zero-order valence-corrected chi connectivity index (χ0v) is 7.66. The summed E-state index contributed by atoms with van der Waals surface area (Å²) in [6, 6.07) is 1.64. The Balaban J connectivity index is 2.53. The summed E-state index contributed by atoms with van der Waals surface area (Å²) in [4.78, 5) is 10.8. The maximum Gasteiger partial charge on any atom is 0.240 e. The van der Waals surface area contributed by atoms with Crippen molar-refractivity contribution in [2.75, 3.05) is 17.8 Å². The lowest BCUT2D eigenvalue weighted by molar-refractivity contribution is -0.113. The minimum Gasteiger partial charge on any atom is -0.394 e. The number of nitrogens with zero attached hydrogens (tertiary/aromatic N) is 2. The molecule has 0 fully saturated rings. The number of carbonyl (C=O) groups is 1.